The number of fused-ring (bicyclic) bond motifs is 1. The van der Waals surface area contributed by atoms with E-state index >= 15 is 0 Å². The Kier molecular flexibility index (Phi) is 5.77. The van der Waals surface area contributed by atoms with Gasteiger partial charge in [-0.3, -0.25) is 0 Å². The summed E-state index contributed by atoms with van der Waals surface area (Å²) in [5.74, 6) is 0.545. The lowest BCUT2D eigenvalue weighted by molar-refractivity contribution is 0.200. The smallest absolute Gasteiger partial charge is 0.0587 e. The van der Waals surface area contributed by atoms with Gasteiger partial charge in [0.25, 0.3) is 0 Å². The number of rotatable bonds is 7. The molecule has 0 atom stereocenters. The third-order valence-electron chi connectivity index (χ3n) is 3.41. The number of hydrogen-bond donors (Lipinski definition) is 1. The van der Waals surface area contributed by atoms with Crippen LogP contribution >= 0.6 is 11.3 Å². The molecule has 2 rings (SSSR count). The van der Waals surface area contributed by atoms with Crippen molar-refractivity contribution in [3.05, 3.63) is 40.8 Å². The van der Waals surface area contributed by atoms with Crippen molar-refractivity contribution in [3.8, 4) is 0 Å². The topological polar surface area (TPSA) is 21.3 Å². The minimum Gasteiger partial charge on any atom is -0.383 e. The van der Waals surface area contributed by atoms with Gasteiger partial charge in [0.1, 0.15) is 0 Å². The van der Waals surface area contributed by atoms with E-state index in [4.69, 9.17) is 4.74 Å². The normalized spacial score (nSPS) is 12.5. The number of hydrogen-bond acceptors (Lipinski definition) is 3. The van der Waals surface area contributed by atoms with Gasteiger partial charge in [0.15, 0.2) is 0 Å². The molecular weight excluding hydrogens is 266 g/mol. The standard InChI is InChI=1S/C17H23NOS/c1-13(2)14(11-18-8-9-19-3)10-15-12-20-17-7-5-4-6-16(15)17/h4-7,10,12-13,18H,8-9,11H2,1-3H3. The quantitative estimate of drug-likeness (QED) is 0.772. The fourth-order valence-corrected chi connectivity index (χ4v) is 3.06. The number of benzene rings is 1. The Bertz CT molecular complexity index is 571. The summed E-state index contributed by atoms with van der Waals surface area (Å²) in [6.45, 7) is 7.07. The van der Waals surface area contributed by atoms with Crippen LogP contribution in [-0.2, 0) is 4.74 Å². The van der Waals surface area contributed by atoms with Crippen LogP contribution in [0.2, 0.25) is 0 Å². The number of methoxy groups -OCH3 is 1. The maximum Gasteiger partial charge on any atom is 0.0587 e. The van der Waals surface area contributed by atoms with Crippen molar-refractivity contribution in [2.75, 3.05) is 26.8 Å². The molecule has 1 heterocycles. The summed E-state index contributed by atoms with van der Waals surface area (Å²) >= 11 is 1.81. The third kappa shape index (κ3) is 3.92. The van der Waals surface area contributed by atoms with E-state index in [-0.39, 0.29) is 0 Å². The van der Waals surface area contributed by atoms with Crippen molar-refractivity contribution in [2.45, 2.75) is 13.8 Å². The van der Waals surface area contributed by atoms with Crippen LogP contribution in [0, 0.1) is 5.92 Å². The summed E-state index contributed by atoms with van der Waals surface area (Å²) in [6, 6.07) is 8.59. The van der Waals surface area contributed by atoms with Crippen LogP contribution in [0.1, 0.15) is 19.4 Å². The van der Waals surface area contributed by atoms with Crippen molar-refractivity contribution >= 4 is 27.5 Å². The van der Waals surface area contributed by atoms with Gasteiger partial charge in [-0.2, -0.15) is 0 Å². The van der Waals surface area contributed by atoms with Gasteiger partial charge in [-0.05, 0) is 28.3 Å². The van der Waals surface area contributed by atoms with E-state index in [0.29, 0.717) is 5.92 Å². The Hall–Kier alpha value is -1.16. The van der Waals surface area contributed by atoms with Crippen molar-refractivity contribution in [1.29, 1.82) is 0 Å². The van der Waals surface area contributed by atoms with Crippen LogP contribution < -0.4 is 5.32 Å². The zero-order valence-corrected chi connectivity index (χ0v) is 13.3. The second-order valence-corrected chi connectivity index (χ2v) is 6.14. The maximum absolute atomic E-state index is 5.07. The lowest BCUT2D eigenvalue weighted by Crippen LogP contribution is -2.23. The molecule has 1 N–H and O–H groups in total. The fraction of sp³-hybridized carbons (Fsp3) is 0.412. The van der Waals surface area contributed by atoms with Crippen LogP contribution in [0.15, 0.2) is 35.2 Å². The molecule has 0 radical (unpaired) electrons. The van der Waals surface area contributed by atoms with Crippen LogP contribution in [-0.4, -0.2) is 26.8 Å². The second kappa shape index (κ2) is 7.58. The summed E-state index contributed by atoms with van der Waals surface area (Å²) in [6.07, 6.45) is 2.34. The first-order chi connectivity index (χ1) is 9.72. The molecule has 0 fully saturated rings. The van der Waals surface area contributed by atoms with Gasteiger partial charge in [-0.25, -0.2) is 0 Å². The molecule has 0 bridgehead atoms. The first-order valence-electron chi connectivity index (χ1n) is 7.08. The van der Waals surface area contributed by atoms with Crippen molar-refractivity contribution < 1.29 is 4.74 Å². The van der Waals surface area contributed by atoms with E-state index in [0.717, 1.165) is 19.7 Å². The predicted molar refractivity (Wildman–Crippen MR) is 89.4 cm³/mol. The van der Waals surface area contributed by atoms with E-state index in [2.05, 4.69) is 54.9 Å². The van der Waals surface area contributed by atoms with Gasteiger partial charge in [-0.1, -0.05) is 43.7 Å². The SMILES string of the molecule is COCCNCC(=Cc1csc2ccccc12)C(C)C. The summed E-state index contributed by atoms with van der Waals surface area (Å²) in [5.41, 5.74) is 2.77. The zero-order valence-electron chi connectivity index (χ0n) is 12.5. The number of thiophene rings is 1. The minimum absolute atomic E-state index is 0.545. The third-order valence-corrected chi connectivity index (χ3v) is 4.39. The average Bonchev–Trinajstić information content (AvgIpc) is 2.85. The lowest BCUT2D eigenvalue weighted by Gasteiger charge is -2.12. The van der Waals surface area contributed by atoms with Crippen molar-refractivity contribution in [3.63, 3.8) is 0 Å². The molecule has 2 nitrogen and oxygen atoms in total. The number of ether oxygens (including phenoxy) is 1. The molecule has 3 heteroatoms. The monoisotopic (exact) mass is 289 g/mol. The molecule has 20 heavy (non-hydrogen) atoms. The fourth-order valence-electron chi connectivity index (χ4n) is 2.14. The van der Waals surface area contributed by atoms with Gasteiger partial charge in [0.2, 0.25) is 0 Å². The Morgan fingerprint density at radius 1 is 1.35 bits per heavy atom. The van der Waals surface area contributed by atoms with Gasteiger partial charge in [0.05, 0.1) is 6.61 Å². The molecule has 0 saturated heterocycles. The van der Waals surface area contributed by atoms with Crippen molar-refractivity contribution in [2.24, 2.45) is 5.92 Å². The molecule has 0 amide bonds. The Morgan fingerprint density at radius 2 is 2.15 bits per heavy atom. The average molecular weight is 289 g/mol. The summed E-state index contributed by atoms with van der Waals surface area (Å²) in [5, 5.41) is 7.04. The molecule has 0 unspecified atom stereocenters. The van der Waals surface area contributed by atoms with E-state index in [9.17, 15) is 0 Å². The lowest BCUT2D eigenvalue weighted by atomic mass is 10.00. The highest BCUT2D eigenvalue weighted by molar-refractivity contribution is 7.17. The highest BCUT2D eigenvalue weighted by Crippen LogP contribution is 2.28. The predicted octanol–water partition coefficient (Wildman–Crippen LogP) is 4.18. The molecule has 1 aromatic carbocycles. The molecular formula is C17H23NOS. The van der Waals surface area contributed by atoms with E-state index in [1.165, 1.54) is 21.2 Å². The molecule has 0 aliphatic heterocycles. The highest BCUT2D eigenvalue weighted by atomic mass is 32.1. The highest BCUT2D eigenvalue weighted by Gasteiger charge is 2.06. The zero-order chi connectivity index (χ0) is 14.4. The summed E-state index contributed by atoms with van der Waals surface area (Å²) < 4.78 is 6.42. The van der Waals surface area contributed by atoms with E-state index in [1.807, 2.05) is 11.3 Å². The van der Waals surface area contributed by atoms with Crippen LogP contribution in [0.4, 0.5) is 0 Å². The molecule has 0 aliphatic carbocycles. The first-order valence-corrected chi connectivity index (χ1v) is 7.96. The first kappa shape index (κ1) is 15.2. The van der Waals surface area contributed by atoms with Crippen LogP contribution in [0.25, 0.3) is 16.2 Å². The maximum atomic E-state index is 5.07. The summed E-state index contributed by atoms with van der Waals surface area (Å²) in [7, 11) is 1.73. The number of nitrogens with one attached hydrogen (secondary N) is 1. The van der Waals surface area contributed by atoms with E-state index < -0.39 is 0 Å². The molecule has 0 aliphatic rings. The van der Waals surface area contributed by atoms with E-state index in [1.54, 1.807) is 7.11 Å². The minimum atomic E-state index is 0.545. The van der Waals surface area contributed by atoms with Crippen LogP contribution in [0.3, 0.4) is 0 Å². The Morgan fingerprint density at radius 3 is 2.90 bits per heavy atom. The molecule has 0 saturated carbocycles. The van der Waals surface area contributed by atoms with Gasteiger partial charge >= 0.3 is 0 Å². The Balaban J connectivity index is 2.15. The van der Waals surface area contributed by atoms with Gasteiger partial charge in [-0.15, -0.1) is 11.3 Å². The molecule has 2 aromatic rings. The Labute approximate surface area is 125 Å². The second-order valence-electron chi connectivity index (χ2n) is 5.23. The van der Waals surface area contributed by atoms with Gasteiger partial charge in [0, 0.05) is 24.9 Å². The largest absolute Gasteiger partial charge is 0.383 e. The van der Waals surface area contributed by atoms with Gasteiger partial charge < -0.3 is 10.1 Å². The van der Waals surface area contributed by atoms with Crippen molar-refractivity contribution in [1.82, 2.24) is 5.32 Å². The summed E-state index contributed by atoms with van der Waals surface area (Å²) in [4.78, 5) is 0. The molecule has 0 spiro atoms. The molecule has 1 aromatic heterocycles. The molecule has 108 valence electrons. The van der Waals surface area contributed by atoms with Crippen LogP contribution in [0.5, 0.6) is 0 Å².